The molecule has 1 atom stereocenters. The third kappa shape index (κ3) is 3.24. The van der Waals surface area contributed by atoms with Gasteiger partial charge in [0.05, 0.1) is 28.5 Å². The molecule has 2 aromatic rings. The van der Waals surface area contributed by atoms with E-state index in [9.17, 15) is 9.50 Å². The third-order valence-corrected chi connectivity index (χ3v) is 3.41. The van der Waals surface area contributed by atoms with Crippen molar-refractivity contribution < 1.29 is 9.50 Å². The largest absolute Gasteiger partial charge is 0.397 e. The first-order valence-corrected chi connectivity index (χ1v) is 6.58. The van der Waals surface area contributed by atoms with Crippen LogP contribution < -0.4 is 11.1 Å². The van der Waals surface area contributed by atoms with E-state index in [1.54, 1.807) is 0 Å². The molecule has 1 unspecified atom stereocenters. The first-order chi connectivity index (χ1) is 9.11. The standard InChI is InChI=1S/C14H14BrFN2O/c15-10-6-12(17)13(7-11(10)16)18-14(8-19)9-4-2-1-3-5-9/h1-7,14,18-19H,8,17H2. The zero-order valence-corrected chi connectivity index (χ0v) is 11.7. The molecule has 4 N–H and O–H groups in total. The molecule has 0 aromatic heterocycles. The van der Waals surface area contributed by atoms with Crippen LogP contribution in [0.1, 0.15) is 11.6 Å². The molecule has 0 aliphatic carbocycles. The Morgan fingerprint density at radius 2 is 1.95 bits per heavy atom. The zero-order valence-electron chi connectivity index (χ0n) is 10.1. The predicted octanol–water partition coefficient (Wildman–Crippen LogP) is 3.32. The molecule has 0 bridgehead atoms. The van der Waals surface area contributed by atoms with Gasteiger partial charge in [-0.25, -0.2) is 4.39 Å². The SMILES string of the molecule is Nc1cc(Br)c(F)cc1NC(CO)c1ccccc1. The Balaban J connectivity index is 2.26. The molecule has 0 radical (unpaired) electrons. The Bertz CT molecular complexity index is 563. The molecule has 19 heavy (non-hydrogen) atoms. The van der Waals surface area contributed by atoms with Crippen molar-refractivity contribution >= 4 is 27.3 Å². The molecular formula is C14H14BrFN2O. The fraction of sp³-hybridized carbons (Fsp3) is 0.143. The molecule has 0 amide bonds. The molecule has 3 nitrogen and oxygen atoms in total. The third-order valence-electron chi connectivity index (χ3n) is 2.81. The number of benzene rings is 2. The van der Waals surface area contributed by atoms with E-state index in [4.69, 9.17) is 5.73 Å². The van der Waals surface area contributed by atoms with E-state index in [1.807, 2.05) is 30.3 Å². The minimum atomic E-state index is -0.401. The van der Waals surface area contributed by atoms with Gasteiger partial charge in [0.25, 0.3) is 0 Å². The lowest BCUT2D eigenvalue weighted by Gasteiger charge is -2.19. The Labute approximate surface area is 119 Å². The molecule has 0 saturated heterocycles. The van der Waals surface area contributed by atoms with Gasteiger partial charge >= 0.3 is 0 Å². The van der Waals surface area contributed by atoms with Crippen molar-refractivity contribution in [1.29, 1.82) is 0 Å². The van der Waals surface area contributed by atoms with Crippen molar-refractivity contribution in [3.8, 4) is 0 Å². The lowest BCUT2D eigenvalue weighted by molar-refractivity contribution is 0.276. The minimum Gasteiger partial charge on any atom is -0.397 e. The lowest BCUT2D eigenvalue weighted by atomic mass is 10.1. The summed E-state index contributed by atoms with van der Waals surface area (Å²) in [6, 6.07) is 11.9. The average molecular weight is 325 g/mol. The first-order valence-electron chi connectivity index (χ1n) is 5.78. The molecule has 5 heteroatoms. The molecule has 0 aliphatic rings. The monoisotopic (exact) mass is 324 g/mol. The number of anilines is 2. The van der Waals surface area contributed by atoms with E-state index in [-0.39, 0.29) is 12.6 Å². The van der Waals surface area contributed by atoms with Gasteiger partial charge < -0.3 is 16.2 Å². The second-order valence-corrected chi connectivity index (χ2v) is 5.00. The van der Waals surface area contributed by atoms with E-state index in [0.717, 1.165) is 5.56 Å². The fourth-order valence-corrected chi connectivity index (χ4v) is 2.16. The summed E-state index contributed by atoms with van der Waals surface area (Å²) in [6.07, 6.45) is 0. The lowest BCUT2D eigenvalue weighted by Crippen LogP contribution is -2.15. The van der Waals surface area contributed by atoms with E-state index >= 15 is 0 Å². The summed E-state index contributed by atoms with van der Waals surface area (Å²) in [5, 5.41) is 12.5. The predicted molar refractivity (Wildman–Crippen MR) is 78.4 cm³/mol. The molecule has 2 rings (SSSR count). The van der Waals surface area contributed by atoms with Crippen LogP contribution in [0, 0.1) is 5.82 Å². The Hall–Kier alpha value is -1.59. The molecule has 0 saturated carbocycles. The molecular weight excluding hydrogens is 311 g/mol. The second-order valence-electron chi connectivity index (χ2n) is 4.14. The summed E-state index contributed by atoms with van der Waals surface area (Å²) in [7, 11) is 0. The van der Waals surface area contributed by atoms with Gasteiger partial charge in [-0.05, 0) is 27.6 Å². The van der Waals surface area contributed by atoms with Gasteiger partial charge in [-0.1, -0.05) is 30.3 Å². The van der Waals surface area contributed by atoms with Crippen molar-refractivity contribution in [3.05, 3.63) is 58.3 Å². The van der Waals surface area contributed by atoms with Crippen LogP contribution in [0.2, 0.25) is 0 Å². The summed E-state index contributed by atoms with van der Waals surface area (Å²) in [5.74, 6) is -0.401. The van der Waals surface area contributed by atoms with Gasteiger partial charge in [0.15, 0.2) is 0 Å². The number of nitrogens with two attached hydrogens (primary N) is 1. The summed E-state index contributed by atoms with van der Waals surface area (Å²) in [6.45, 7) is -0.110. The van der Waals surface area contributed by atoms with Crippen molar-refractivity contribution in [1.82, 2.24) is 0 Å². The topological polar surface area (TPSA) is 58.3 Å². The van der Waals surface area contributed by atoms with Crippen LogP contribution in [-0.4, -0.2) is 11.7 Å². The summed E-state index contributed by atoms with van der Waals surface area (Å²) >= 11 is 3.08. The van der Waals surface area contributed by atoms with Crippen molar-refractivity contribution in [2.24, 2.45) is 0 Å². The fourth-order valence-electron chi connectivity index (χ4n) is 1.79. The summed E-state index contributed by atoms with van der Waals surface area (Å²) in [5.41, 5.74) is 7.62. The van der Waals surface area contributed by atoms with Gasteiger partial charge in [-0.15, -0.1) is 0 Å². The van der Waals surface area contributed by atoms with E-state index in [0.29, 0.717) is 15.8 Å². The normalized spacial score (nSPS) is 12.2. The van der Waals surface area contributed by atoms with Crippen LogP contribution in [0.15, 0.2) is 46.9 Å². The number of nitrogens with one attached hydrogen (secondary N) is 1. The Morgan fingerprint density at radius 1 is 1.26 bits per heavy atom. The van der Waals surface area contributed by atoms with Crippen molar-refractivity contribution in [2.75, 3.05) is 17.7 Å². The maximum Gasteiger partial charge on any atom is 0.139 e. The van der Waals surface area contributed by atoms with Crippen molar-refractivity contribution in [3.63, 3.8) is 0 Å². The highest BCUT2D eigenvalue weighted by Crippen LogP contribution is 2.29. The number of aliphatic hydroxyl groups is 1. The molecule has 0 aliphatic heterocycles. The van der Waals surface area contributed by atoms with Crippen LogP contribution in [0.4, 0.5) is 15.8 Å². The number of hydrogen-bond donors (Lipinski definition) is 3. The summed E-state index contributed by atoms with van der Waals surface area (Å²) < 4.78 is 13.8. The molecule has 100 valence electrons. The molecule has 2 aromatic carbocycles. The highest BCUT2D eigenvalue weighted by molar-refractivity contribution is 9.10. The van der Waals surface area contributed by atoms with Gasteiger partial charge in [0.2, 0.25) is 0 Å². The van der Waals surface area contributed by atoms with Gasteiger partial charge in [-0.3, -0.25) is 0 Å². The molecule has 0 heterocycles. The van der Waals surface area contributed by atoms with E-state index in [1.165, 1.54) is 12.1 Å². The Kier molecular flexibility index (Phi) is 4.39. The smallest absolute Gasteiger partial charge is 0.139 e. The van der Waals surface area contributed by atoms with Gasteiger partial charge in [0.1, 0.15) is 5.82 Å². The zero-order chi connectivity index (χ0) is 13.8. The molecule has 0 fully saturated rings. The van der Waals surface area contributed by atoms with Crippen molar-refractivity contribution in [2.45, 2.75) is 6.04 Å². The minimum absolute atomic E-state index is 0.110. The maximum absolute atomic E-state index is 13.5. The van der Waals surface area contributed by atoms with Crippen LogP contribution in [-0.2, 0) is 0 Å². The maximum atomic E-state index is 13.5. The summed E-state index contributed by atoms with van der Waals surface area (Å²) in [4.78, 5) is 0. The number of hydrogen-bond acceptors (Lipinski definition) is 3. The first kappa shape index (κ1) is 13.8. The van der Waals surface area contributed by atoms with E-state index in [2.05, 4.69) is 21.2 Å². The van der Waals surface area contributed by atoms with Crippen LogP contribution in [0.5, 0.6) is 0 Å². The second kappa shape index (κ2) is 6.04. The van der Waals surface area contributed by atoms with Crippen LogP contribution in [0.3, 0.4) is 0 Å². The average Bonchev–Trinajstić information content (AvgIpc) is 2.42. The van der Waals surface area contributed by atoms with Gasteiger partial charge in [-0.2, -0.15) is 0 Å². The number of halogens is 2. The molecule has 0 spiro atoms. The van der Waals surface area contributed by atoms with Gasteiger partial charge in [0, 0.05) is 6.07 Å². The number of rotatable bonds is 4. The Morgan fingerprint density at radius 3 is 2.58 bits per heavy atom. The van der Waals surface area contributed by atoms with Crippen LogP contribution >= 0.6 is 15.9 Å². The number of nitrogen functional groups attached to an aromatic ring is 1. The number of aliphatic hydroxyl groups excluding tert-OH is 1. The van der Waals surface area contributed by atoms with E-state index < -0.39 is 5.82 Å². The van der Waals surface area contributed by atoms with Crippen LogP contribution in [0.25, 0.3) is 0 Å². The quantitative estimate of drug-likeness (QED) is 0.756. The highest BCUT2D eigenvalue weighted by Gasteiger charge is 2.13. The highest BCUT2D eigenvalue weighted by atomic mass is 79.9.